The Morgan fingerprint density at radius 1 is 1.48 bits per heavy atom. The molecule has 130 valence electrons. The number of aryl methyl sites for hydroxylation is 1. The van der Waals surface area contributed by atoms with Crippen LogP contribution < -0.4 is 0 Å². The molecule has 1 aliphatic heterocycles. The predicted octanol–water partition coefficient (Wildman–Crippen LogP) is 1.11. The Balaban J connectivity index is 1.88. The van der Waals surface area contributed by atoms with Crippen LogP contribution in [-0.4, -0.2) is 72.4 Å². The lowest BCUT2D eigenvalue weighted by Gasteiger charge is -2.42. The summed E-state index contributed by atoms with van der Waals surface area (Å²) in [7, 11) is 5.52. The van der Waals surface area contributed by atoms with Gasteiger partial charge in [-0.2, -0.15) is 0 Å². The first-order chi connectivity index (χ1) is 10.8. The molecule has 1 amide bonds. The molecule has 1 saturated heterocycles. The lowest BCUT2D eigenvalue weighted by Crippen LogP contribution is -2.53. The molecule has 2 rings (SSSR count). The molecule has 1 aromatic rings. The summed E-state index contributed by atoms with van der Waals surface area (Å²) in [5.41, 5.74) is 1.06. The van der Waals surface area contributed by atoms with Crippen LogP contribution in [0.5, 0.6) is 0 Å². The maximum atomic E-state index is 11.6. The SMILES string of the molecule is CN(C)C(=O)COC[C@H]1CN(Cc2cccn2C)CC(C)(C)O1. The number of ether oxygens (including phenoxy) is 2. The molecule has 0 unspecified atom stereocenters. The quantitative estimate of drug-likeness (QED) is 0.787. The third kappa shape index (κ3) is 5.34. The first kappa shape index (κ1) is 18.0. The molecule has 2 heterocycles. The van der Waals surface area contributed by atoms with Gasteiger partial charge < -0.3 is 18.9 Å². The summed E-state index contributed by atoms with van der Waals surface area (Å²) in [4.78, 5) is 15.5. The first-order valence-corrected chi connectivity index (χ1v) is 8.05. The largest absolute Gasteiger partial charge is 0.369 e. The molecule has 0 N–H and O–H groups in total. The van der Waals surface area contributed by atoms with Gasteiger partial charge in [-0.1, -0.05) is 0 Å². The van der Waals surface area contributed by atoms with Crippen LogP contribution in [0, 0.1) is 0 Å². The molecular weight excluding hydrogens is 294 g/mol. The highest BCUT2D eigenvalue weighted by atomic mass is 16.5. The normalized spacial score (nSPS) is 21.3. The number of carbonyl (C=O) groups excluding carboxylic acids is 1. The Morgan fingerprint density at radius 2 is 2.22 bits per heavy atom. The van der Waals surface area contributed by atoms with Gasteiger partial charge in [0.25, 0.3) is 0 Å². The van der Waals surface area contributed by atoms with E-state index >= 15 is 0 Å². The number of nitrogens with zero attached hydrogens (tertiary/aromatic N) is 3. The number of carbonyl (C=O) groups is 1. The summed E-state index contributed by atoms with van der Waals surface area (Å²) in [5.74, 6) is -0.0271. The minimum Gasteiger partial charge on any atom is -0.369 e. The van der Waals surface area contributed by atoms with Crippen LogP contribution >= 0.6 is 0 Å². The Labute approximate surface area is 138 Å². The Hall–Kier alpha value is -1.37. The molecule has 0 radical (unpaired) electrons. The average molecular weight is 323 g/mol. The summed E-state index contributed by atoms with van der Waals surface area (Å²) >= 11 is 0. The van der Waals surface area contributed by atoms with Crippen molar-refractivity contribution in [1.29, 1.82) is 0 Å². The molecule has 0 spiro atoms. The van der Waals surface area contributed by atoms with Gasteiger partial charge in [-0.05, 0) is 26.0 Å². The van der Waals surface area contributed by atoms with E-state index < -0.39 is 0 Å². The average Bonchev–Trinajstić information content (AvgIpc) is 2.82. The van der Waals surface area contributed by atoms with Crippen LogP contribution in [0.1, 0.15) is 19.5 Å². The van der Waals surface area contributed by atoms with Crippen molar-refractivity contribution in [3.05, 3.63) is 24.0 Å². The smallest absolute Gasteiger partial charge is 0.248 e. The molecule has 1 atom stereocenters. The van der Waals surface area contributed by atoms with E-state index in [1.807, 2.05) is 0 Å². The minimum absolute atomic E-state index is 0.0195. The van der Waals surface area contributed by atoms with Crippen molar-refractivity contribution >= 4 is 5.91 Å². The zero-order valence-corrected chi connectivity index (χ0v) is 14.9. The highest BCUT2D eigenvalue weighted by Crippen LogP contribution is 2.22. The molecule has 1 aliphatic rings. The topological polar surface area (TPSA) is 46.9 Å². The van der Waals surface area contributed by atoms with Gasteiger partial charge in [0.15, 0.2) is 0 Å². The lowest BCUT2D eigenvalue weighted by molar-refractivity contribution is -0.161. The van der Waals surface area contributed by atoms with Gasteiger partial charge in [-0.25, -0.2) is 0 Å². The summed E-state index contributed by atoms with van der Waals surface area (Å²) in [6, 6.07) is 4.21. The maximum Gasteiger partial charge on any atom is 0.248 e. The molecule has 0 aliphatic carbocycles. The fraction of sp³-hybridized carbons (Fsp3) is 0.706. The summed E-state index contributed by atoms with van der Waals surface area (Å²) < 4.78 is 13.8. The van der Waals surface area contributed by atoms with E-state index in [1.165, 1.54) is 10.6 Å². The Kier molecular flexibility index (Phi) is 5.84. The molecule has 23 heavy (non-hydrogen) atoms. The van der Waals surface area contributed by atoms with Crippen molar-refractivity contribution in [3.63, 3.8) is 0 Å². The van der Waals surface area contributed by atoms with E-state index in [1.54, 1.807) is 14.1 Å². The fourth-order valence-electron chi connectivity index (χ4n) is 2.92. The minimum atomic E-state index is -0.219. The van der Waals surface area contributed by atoms with Crippen LogP contribution in [0.3, 0.4) is 0 Å². The summed E-state index contributed by atoms with van der Waals surface area (Å²) in [6.45, 7) is 7.32. The third-order valence-electron chi connectivity index (χ3n) is 4.02. The number of amides is 1. The standard InChI is InChI=1S/C17H29N3O3/c1-17(2)13-20(9-14-7-6-8-19(14)5)10-15(23-17)11-22-12-16(21)18(3)4/h6-8,15H,9-13H2,1-5H3/t15-/m1/s1. The number of hydrogen-bond donors (Lipinski definition) is 0. The predicted molar refractivity (Wildman–Crippen MR) is 89.2 cm³/mol. The van der Waals surface area contributed by atoms with Crippen molar-refractivity contribution in [2.75, 3.05) is 40.4 Å². The van der Waals surface area contributed by atoms with E-state index in [9.17, 15) is 4.79 Å². The van der Waals surface area contributed by atoms with Gasteiger partial charge >= 0.3 is 0 Å². The number of likely N-dealkylation sites (N-methyl/N-ethyl adjacent to an activating group) is 1. The van der Waals surface area contributed by atoms with Gasteiger partial charge in [0, 0.05) is 52.7 Å². The molecular formula is C17H29N3O3. The molecule has 0 saturated carbocycles. The zero-order valence-electron chi connectivity index (χ0n) is 14.9. The van der Waals surface area contributed by atoms with Crippen LogP contribution in [0.15, 0.2) is 18.3 Å². The molecule has 1 fully saturated rings. The molecule has 6 heteroatoms. The van der Waals surface area contributed by atoms with Crippen LogP contribution in [-0.2, 0) is 27.9 Å². The van der Waals surface area contributed by atoms with E-state index in [4.69, 9.17) is 9.47 Å². The summed E-state index contributed by atoms with van der Waals surface area (Å²) in [6.07, 6.45) is 2.04. The van der Waals surface area contributed by atoms with E-state index in [2.05, 4.69) is 48.7 Å². The molecule has 6 nitrogen and oxygen atoms in total. The first-order valence-electron chi connectivity index (χ1n) is 8.05. The van der Waals surface area contributed by atoms with Gasteiger partial charge in [0.05, 0.1) is 18.3 Å². The molecule has 0 bridgehead atoms. The van der Waals surface area contributed by atoms with Crippen LogP contribution in [0.2, 0.25) is 0 Å². The zero-order chi connectivity index (χ0) is 17.0. The van der Waals surface area contributed by atoms with Crippen molar-refractivity contribution in [1.82, 2.24) is 14.4 Å². The number of hydrogen-bond acceptors (Lipinski definition) is 4. The fourth-order valence-corrected chi connectivity index (χ4v) is 2.92. The second kappa shape index (κ2) is 7.47. The van der Waals surface area contributed by atoms with E-state index in [0.29, 0.717) is 6.61 Å². The summed E-state index contributed by atoms with van der Waals surface area (Å²) in [5, 5.41) is 0. The highest BCUT2D eigenvalue weighted by molar-refractivity contribution is 5.76. The molecule has 0 aromatic carbocycles. The van der Waals surface area contributed by atoms with Crippen molar-refractivity contribution in [2.24, 2.45) is 7.05 Å². The monoisotopic (exact) mass is 323 g/mol. The number of morpholine rings is 1. The molecule has 1 aromatic heterocycles. The number of rotatable bonds is 6. The van der Waals surface area contributed by atoms with E-state index in [0.717, 1.165) is 19.6 Å². The van der Waals surface area contributed by atoms with Crippen LogP contribution in [0.4, 0.5) is 0 Å². The van der Waals surface area contributed by atoms with Gasteiger partial charge in [-0.15, -0.1) is 0 Å². The van der Waals surface area contributed by atoms with E-state index in [-0.39, 0.29) is 24.2 Å². The Bertz CT molecular complexity index is 525. The van der Waals surface area contributed by atoms with Crippen molar-refractivity contribution in [3.8, 4) is 0 Å². The third-order valence-corrected chi connectivity index (χ3v) is 4.02. The highest BCUT2D eigenvalue weighted by Gasteiger charge is 2.33. The maximum absolute atomic E-state index is 11.6. The van der Waals surface area contributed by atoms with Gasteiger partial charge in [-0.3, -0.25) is 9.69 Å². The van der Waals surface area contributed by atoms with Gasteiger partial charge in [0.1, 0.15) is 6.61 Å². The second-order valence-corrected chi connectivity index (χ2v) is 7.08. The van der Waals surface area contributed by atoms with Crippen LogP contribution in [0.25, 0.3) is 0 Å². The van der Waals surface area contributed by atoms with Gasteiger partial charge in [0.2, 0.25) is 5.91 Å². The van der Waals surface area contributed by atoms with Crippen molar-refractivity contribution in [2.45, 2.75) is 32.1 Å². The lowest BCUT2D eigenvalue weighted by atomic mass is 10.1. The second-order valence-electron chi connectivity index (χ2n) is 7.08. The number of aromatic nitrogens is 1. The Morgan fingerprint density at radius 3 is 2.83 bits per heavy atom. The van der Waals surface area contributed by atoms with Crippen molar-refractivity contribution < 1.29 is 14.3 Å².